The molecule has 164 valence electrons. The van der Waals surface area contributed by atoms with Gasteiger partial charge in [-0.2, -0.15) is 0 Å². The largest absolute Gasteiger partial charge is 0.398 e. The molecule has 2 aliphatic rings. The van der Waals surface area contributed by atoms with Crippen LogP contribution in [-0.4, -0.2) is 29.6 Å². The maximum absolute atomic E-state index is 13.3. The fourth-order valence-electron chi connectivity index (χ4n) is 4.03. The number of fused-ring (bicyclic) bond motifs is 2. The van der Waals surface area contributed by atoms with Gasteiger partial charge in [0.2, 0.25) is 6.41 Å². The number of benzene rings is 2. The lowest BCUT2D eigenvalue weighted by Crippen LogP contribution is -2.11. The first-order valence-corrected chi connectivity index (χ1v) is 11.2. The van der Waals surface area contributed by atoms with Crippen LogP contribution >= 0.6 is 0 Å². The van der Waals surface area contributed by atoms with E-state index in [1.807, 2.05) is 19.0 Å². The van der Waals surface area contributed by atoms with Gasteiger partial charge in [0, 0.05) is 12.2 Å². The molecular formula is C22H31FN4O2S. The number of carbonyl (C=O) groups excluding carboxylic acids is 1. The highest BCUT2D eigenvalue weighted by Crippen LogP contribution is 2.36. The lowest BCUT2D eigenvalue weighted by Gasteiger charge is -2.10. The van der Waals surface area contributed by atoms with E-state index >= 15 is 0 Å². The van der Waals surface area contributed by atoms with Crippen molar-refractivity contribution in [3.63, 3.8) is 0 Å². The predicted octanol–water partition coefficient (Wildman–Crippen LogP) is 2.22. The van der Waals surface area contributed by atoms with Gasteiger partial charge >= 0.3 is 0 Å². The number of primary amides is 1. The Labute approximate surface area is 180 Å². The molecule has 1 unspecified atom stereocenters. The smallest absolute Gasteiger partial charge is 0.204 e. The summed E-state index contributed by atoms with van der Waals surface area (Å²) in [6, 6.07) is 6.97. The molecule has 1 amide bonds. The molecule has 0 saturated heterocycles. The molecule has 0 radical (unpaired) electrons. The van der Waals surface area contributed by atoms with Crippen LogP contribution in [0.4, 0.5) is 10.1 Å². The van der Waals surface area contributed by atoms with Crippen molar-refractivity contribution in [3.05, 3.63) is 57.9 Å². The molecule has 0 heterocycles. The molecule has 2 aromatic carbocycles. The van der Waals surface area contributed by atoms with Gasteiger partial charge in [0.1, 0.15) is 16.8 Å². The predicted molar refractivity (Wildman–Crippen MR) is 120 cm³/mol. The molecule has 6 N–H and O–H groups in total. The molecule has 0 saturated carbocycles. The molecule has 0 bridgehead atoms. The van der Waals surface area contributed by atoms with Crippen LogP contribution in [0.1, 0.15) is 40.7 Å². The van der Waals surface area contributed by atoms with Gasteiger partial charge in [0.15, 0.2) is 0 Å². The summed E-state index contributed by atoms with van der Waals surface area (Å²) in [5, 5.41) is 5.09. The first-order chi connectivity index (χ1) is 14.3. The van der Waals surface area contributed by atoms with Gasteiger partial charge in [-0.05, 0) is 92.6 Å². The monoisotopic (exact) mass is 434 g/mol. The summed E-state index contributed by atoms with van der Waals surface area (Å²) in [7, 11) is 2.04. The minimum atomic E-state index is -1.75. The van der Waals surface area contributed by atoms with Crippen molar-refractivity contribution in [1.82, 2.24) is 4.90 Å². The number of amides is 1. The average molecular weight is 435 g/mol. The lowest BCUT2D eigenvalue weighted by molar-refractivity contribution is -0.106. The Morgan fingerprint density at radius 3 is 2.03 bits per heavy atom. The van der Waals surface area contributed by atoms with Crippen LogP contribution in [0.25, 0.3) is 0 Å². The zero-order valence-electron chi connectivity index (χ0n) is 17.6. The Morgan fingerprint density at radius 2 is 1.60 bits per heavy atom. The maximum Gasteiger partial charge on any atom is 0.204 e. The third-order valence-electron chi connectivity index (χ3n) is 5.23. The van der Waals surface area contributed by atoms with Gasteiger partial charge in [-0.15, -0.1) is 0 Å². The van der Waals surface area contributed by atoms with Gasteiger partial charge < -0.3 is 16.4 Å². The van der Waals surface area contributed by atoms with E-state index in [9.17, 15) is 8.60 Å². The standard InChI is InChI=1S/C12H15N.C9H13FN2OS.CH3NO/c13-12-10-5-1-3-8(10)7-9-4-2-6-11(9)12;1-12(2)6-7-3-4-9(14(11)13)8(10)5-7;2-1-3/h7H,1-6,13H2;3-5H,6,11H2,1-2H3;1H,(H2,2,3). The molecule has 0 aliphatic heterocycles. The van der Waals surface area contributed by atoms with E-state index in [0.29, 0.717) is 6.54 Å². The van der Waals surface area contributed by atoms with Crippen LogP contribution < -0.4 is 16.6 Å². The van der Waals surface area contributed by atoms with E-state index in [2.05, 4.69) is 11.8 Å². The van der Waals surface area contributed by atoms with E-state index in [-0.39, 0.29) is 11.3 Å². The van der Waals surface area contributed by atoms with E-state index in [0.717, 1.165) is 11.3 Å². The molecule has 1 atom stereocenters. The molecule has 8 heteroatoms. The number of rotatable bonds is 3. The summed E-state index contributed by atoms with van der Waals surface area (Å²) in [6.45, 7) is 0.647. The first-order valence-electron chi connectivity index (χ1n) is 9.95. The number of carbonyl (C=O) groups is 1. The normalized spacial score (nSPS) is 14.7. The van der Waals surface area contributed by atoms with Crippen LogP contribution in [0, 0.1) is 5.82 Å². The molecular weight excluding hydrogens is 403 g/mol. The van der Waals surface area contributed by atoms with Crippen molar-refractivity contribution >= 4 is 23.1 Å². The summed E-state index contributed by atoms with van der Waals surface area (Å²) in [6.07, 6.45) is 7.81. The first kappa shape index (κ1) is 24.0. The Hall–Kier alpha value is -2.29. The molecule has 0 aromatic heterocycles. The number of hydrogen-bond acceptors (Lipinski definition) is 4. The van der Waals surface area contributed by atoms with Crippen molar-refractivity contribution in [2.75, 3.05) is 19.8 Å². The average Bonchev–Trinajstić information content (AvgIpc) is 3.32. The number of nitrogens with zero attached hydrogens (tertiary/aromatic N) is 1. The van der Waals surface area contributed by atoms with E-state index in [1.54, 1.807) is 6.07 Å². The number of nitrogen functional groups attached to an aromatic ring is 1. The van der Waals surface area contributed by atoms with Crippen LogP contribution in [-0.2, 0) is 48.0 Å². The summed E-state index contributed by atoms with van der Waals surface area (Å²) in [5.41, 5.74) is 18.4. The second kappa shape index (κ2) is 11.2. The van der Waals surface area contributed by atoms with Gasteiger partial charge in [0.25, 0.3) is 0 Å². The third kappa shape index (κ3) is 6.10. The van der Waals surface area contributed by atoms with Crippen molar-refractivity contribution in [2.24, 2.45) is 10.9 Å². The minimum absolute atomic E-state index is 0.0486. The van der Waals surface area contributed by atoms with Crippen molar-refractivity contribution in [2.45, 2.75) is 50.0 Å². The van der Waals surface area contributed by atoms with Crippen LogP contribution in [0.15, 0.2) is 29.2 Å². The Kier molecular flexibility index (Phi) is 8.95. The Balaban J connectivity index is 0.000000189. The van der Waals surface area contributed by atoms with E-state index < -0.39 is 16.8 Å². The summed E-state index contributed by atoms with van der Waals surface area (Å²) in [5.74, 6) is -0.509. The fraction of sp³-hybridized carbons (Fsp3) is 0.409. The molecule has 0 spiro atoms. The third-order valence-corrected chi connectivity index (χ3v) is 6.00. The van der Waals surface area contributed by atoms with Gasteiger partial charge in [0.05, 0.1) is 4.90 Å². The topological polar surface area (TPSA) is 115 Å². The number of anilines is 1. The van der Waals surface area contributed by atoms with Crippen LogP contribution in [0.3, 0.4) is 0 Å². The summed E-state index contributed by atoms with van der Waals surface area (Å²) >= 11 is 0. The van der Waals surface area contributed by atoms with Crippen LogP contribution in [0.2, 0.25) is 0 Å². The highest BCUT2D eigenvalue weighted by molar-refractivity contribution is 7.82. The SMILES string of the molecule is CN(C)Cc1ccc(S(N)=O)c(F)c1.NC=O.Nc1c2c(cc3c1CCC3)CCC2. The summed E-state index contributed by atoms with van der Waals surface area (Å²) in [4.78, 5) is 10.6. The number of aryl methyl sites for hydroxylation is 2. The second-order valence-corrected chi connectivity index (χ2v) is 8.74. The number of halogens is 1. The van der Waals surface area contributed by atoms with Crippen molar-refractivity contribution in [3.8, 4) is 0 Å². The zero-order chi connectivity index (χ0) is 22.3. The second-order valence-electron chi connectivity index (χ2n) is 7.71. The Morgan fingerprint density at radius 1 is 1.07 bits per heavy atom. The van der Waals surface area contributed by atoms with Crippen molar-refractivity contribution < 1.29 is 13.4 Å². The van der Waals surface area contributed by atoms with Crippen molar-refractivity contribution in [1.29, 1.82) is 0 Å². The minimum Gasteiger partial charge on any atom is -0.398 e. The molecule has 30 heavy (non-hydrogen) atoms. The molecule has 0 fully saturated rings. The number of nitrogens with two attached hydrogens (primary N) is 3. The maximum atomic E-state index is 13.3. The number of hydrogen-bond donors (Lipinski definition) is 3. The highest BCUT2D eigenvalue weighted by Gasteiger charge is 2.21. The Bertz CT molecular complexity index is 886. The van der Waals surface area contributed by atoms with E-state index in [1.165, 1.54) is 72.9 Å². The van der Waals surface area contributed by atoms with Gasteiger partial charge in [-0.25, -0.2) is 13.7 Å². The van der Waals surface area contributed by atoms with Crippen LogP contribution in [0.5, 0.6) is 0 Å². The molecule has 6 nitrogen and oxygen atoms in total. The van der Waals surface area contributed by atoms with E-state index in [4.69, 9.17) is 15.7 Å². The molecule has 2 aliphatic carbocycles. The molecule has 4 rings (SSSR count). The van der Waals surface area contributed by atoms with Gasteiger partial charge in [-0.3, -0.25) is 4.79 Å². The summed E-state index contributed by atoms with van der Waals surface area (Å²) < 4.78 is 24.1. The fourth-order valence-corrected chi connectivity index (χ4v) is 4.48. The lowest BCUT2D eigenvalue weighted by atomic mass is 9.99. The quantitative estimate of drug-likeness (QED) is 0.507. The highest BCUT2D eigenvalue weighted by atomic mass is 32.2. The zero-order valence-corrected chi connectivity index (χ0v) is 18.4. The molecule has 2 aromatic rings. The van der Waals surface area contributed by atoms with Gasteiger partial charge in [-0.1, -0.05) is 12.1 Å².